The summed E-state index contributed by atoms with van der Waals surface area (Å²) in [6.45, 7) is -0.0463. The Morgan fingerprint density at radius 1 is 1.67 bits per heavy atom. The highest BCUT2D eigenvalue weighted by atomic mass is 16.5. The van der Waals surface area contributed by atoms with Crippen LogP contribution in [0.2, 0.25) is 0 Å². The topological polar surface area (TPSA) is 84.6 Å². The summed E-state index contributed by atoms with van der Waals surface area (Å²) in [6, 6.07) is -0.575. The Morgan fingerprint density at radius 3 is 3.06 bits per heavy atom. The number of allylic oxidation sites excluding steroid dienone is 3. The number of aliphatic hydroxyl groups excluding tert-OH is 1. The van der Waals surface area contributed by atoms with Crippen molar-refractivity contribution in [1.29, 1.82) is 0 Å². The second-order valence-electron chi connectivity index (χ2n) is 4.48. The van der Waals surface area contributed by atoms with Crippen LogP contribution in [0.3, 0.4) is 0 Å². The molecule has 18 heavy (non-hydrogen) atoms. The number of methoxy groups -OCH3 is 1. The molecule has 0 aromatic carbocycles. The van der Waals surface area contributed by atoms with Crippen molar-refractivity contribution in [3.05, 3.63) is 34.8 Å². The molecule has 0 fully saturated rings. The zero-order valence-corrected chi connectivity index (χ0v) is 10.4. The van der Waals surface area contributed by atoms with Crippen LogP contribution < -0.4 is 11.1 Å². The first kappa shape index (κ1) is 12.7. The molecule has 1 unspecified atom stereocenters. The Kier molecular flexibility index (Phi) is 3.72. The van der Waals surface area contributed by atoms with Gasteiger partial charge in [-0.05, 0) is 30.4 Å². The zero-order chi connectivity index (χ0) is 13.1. The van der Waals surface area contributed by atoms with Crippen molar-refractivity contribution >= 4 is 6.03 Å². The van der Waals surface area contributed by atoms with Crippen molar-refractivity contribution in [2.24, 2.45) is 11.7 Å². The van der Waals surface area contributed by atoms with Gasteiger partial charge in [-0.3, -0.25) is 0 Å². The second-order valence-corrected chi connectivity index (χ2v) is 4.48. The van der Waals surface area contributed by atoms with Crippen molar-refractivity contribution in [2.45, 2.75) is 19.3 Å². The van der Waals surface area contributed by atoms with E-state index in [1.165, 1.54) is 0 Å². The third kappa shape index (κ3) is 2.41. The average Bonchev–Trinajstić information content (AvgIpc) is 2.36. The van der Waals surface area contributed by atoms with Gasteiger partial charge in [-0.1, -0.05) is 6.08 Å². The highest BCUT2D eigenvalue weighted by molar-refractivity contribution is 5.74. The van der Waals surface area contributed by atoms with E-state index in [1.54, 1.807) is 7.11 Å². The molecule has 2 aliphatic rings. The molecular weight excluding hydrogens is 232 g/mol. The number of nitrogens with one attached hydrogen (secondary N) is 1. The van der Waals surface area contributed by atoms with Crippen LogP contribution in [0.15, 0.2) is 34.8 Å². The van der Waals surface area contributed by atoms with E-state index in [0.717, 1.165) is 36.2 Å². The molecule has 0 bridgehead atoms. The molecule has 0 spiro atoms. The van der Waals surface area contributed by atoms with E-state index in [2.05, 4.69) is 5.32 Å². The van der Waals surface area contributed by atoms with Crippen LogP contribution in [0.25, 0.3) is 0 Å². The third-order valence-corrected chi connectivity index (χ3v) is 3.45. The molecule has 0 aromatic heterocycles. The Hall–Kier alpha value is -1.75. The summed E-state index contributed by atoms with van der Waals surface area (Å²) >= 11 is 0. The molecule has 1 atom stereocenters. The molecule has 4 N–H and O–H groups in total. The van der Waals surface area contributed by atoms with Crippen LogP contribution in [0.4, 0.5) is 4.79 Å². The smallest absolute Gasteiger partial charge is 0.316 e. The second kappa shape index (κ2) is 5.27. The minimum absolute atomic E-state index is 0.0463. The fourth-order valence-electron chi connectivity index (χ4n) is 2.60. The van der Waals surface area contributed by atoms with E-state index in [-0.39, 0.29) is 6.61 Å². The first-order chi connectivity index (χ1) is 8.65. The molecule has 2 rings (SSSR count). The molecule has 2 aliphatic carbocycles. The summed E-state index contributed by atoms with van der Waals surface area (Å²) in [7, 11) is 1.62. The van der Waals surface area contributed by atoms with Gasteiger partial charge >= 0.3 is 6.03 Å². The molecule has 0 aliphatic heterocycles. The Labute approximate surface area is 106 Å². The van der Waals surface area contributed by atoms with E-state index in [1.807, 2.05) is 12.2 Å². The van der Waals surface area contributed by atoms with Crippen molar-refractivity contribution < 1.29 is 14.6 Å². The highest BCUT2D eigenvalue weighted by Gasteiger charge is 2.28. The van der Waals surface area contributed by atoms with E-state index in [9.17, 15) is 9.90 Å². The molecule has 0 aromatic rings. The van der Waals surface area contributed by atoms with Gasteiger partial charge in [0, 0.05) is 17.7 Å². The van der Waals surface area contributed by atoms with Gasteiger partial charge in [-0.15, -0.1) is 0 Å². The van der Waals surface area contributed by atoms with Crippen LogP contribution in [-0.4, -0.2) is 24.9 Å². The maximum absolute atomic E-state index is 10.9. The van der Waals surface area contributed by atoms with Crippen molar-refractivity contribution in [2.75, 3.05) is 13.7 Å². The van der Waals surface area contributed by atoms with Crippen LogP contribution >= 0.6 is 0 Å². The molecule has 0 radical (unpaired) electrons. The maximum atomic E-state index is 10.9. The summed E-state index contributed by atoms with van der Waals surface area (Å²) in [5.74, 6) is 1.23. The van der Waals surface area contributed by atoms with E-state index in [0.29, 0.717) is 11.6 Å². The first-order valence-electron chi connectivity index (χ1n) is 6.01. The first-order valence-corrected chi connectivity index (χ1v) is 6.01. The number of hydrogen-bond acceptors (Lipinski definition) is 3. The van der Waals surface area contributed by atoms with E-state index < -0.39 is 6.03 Å². The molecule has 2 amide bonds. The van der Waals surface area contributed by atoms with E-state index in [4.69, 9.17) is 10.5 Å². The van der Waals surface area contributed by atoms with Gasteiger partial charge in [0.15, 0.2) is 0 Å². The van der Waals surface area contributed by atoms with E-state index >= 15 is 0 Å². The lowest BCUT2D eigenvalue weighted by Gasteiger charge is -2.31. The van der Waals surface area contributed by atoms with Crippen LogP contribution in [0.5, 0.6) is 0 Å². The number of nitrogens with two attached hydrogens (primary N) is 1. The predicted molar refractivity (Wildman–Crippen MR) is 67.3 cm³/mol. The molecule has 0 saturated heterocycles. The molecule has 98 valence electrons. The Balaban J connectivity index is 2.31. The summed E-state index contributed by atoms with van der Waals surface area (Å²) in [6.07, 6.45) is 6.54. The number of amides is 2. The van der Waals surface area contributed by atoms with Gasteiger partial charge in [0.05, 0.1) is 13.7 Å². The van der Waals surface area contributed by atoms with Crippen molar-refractivity contribution in [3.63, 3.8) is 0 Å². The lowest BCUT2D eigenvalue weighted by Crippen LogP contribution is -2.30. The lowest BCUT2D eigenvalue weighted by atomic mass is 9.78. The molecule has 5 heteroatoms. The summed E-state index contributed by atoms with van der Waals surface area (Å²) in [5, 5.41) is 12.1. The highest BCUT2D eigenvalue weighted by Crippen LogP contribution is 2.39. The maximum Gasteiger partial charge on any atom is 0.316 e. The lowest BCUT2D eigenvalue weighted by molar-refractivity contribution is 0.240. The van der Waals surface area contributed by atoms with Gasteiger partial charge in [0.1, 0.15) is 5.76 Å². The molecule has 0 saturated carbocycles. The number of hydrogen-bond donors (Lipinski definition) is 3. The number of fused-ring (bicyclic) bond motifs is 1. The Bertz CT molecular complexity index is 449. The average molecular weight is 250 g/mol. The predicted octanol–water partition coefficient (Wildman–Crippen LogP) is 1.17. The van der Waals surface area contributed by atoms with Crippen molar-refractivity contribution in [1.82, 2.24) is 5.32 Å². The minimum atomic E-state index is -0.575. The largest absolute Gasteiger partial charge is 0.501 e. The minimum Gasteiger partial charge on any atom is -0.501 e. The van der Waals surface area contributed by atoms with Crippen molar-refractivity contribution in [3.8, 4) is 0 Å². The van der Waals surface area contributed by atoms with Gasteiger partial charge in [-0.25, -0.2) is 4.79 Å². The number of carbonyl (C=O) groups is 1. The fourth-order valence-corrected chi connectivity index (χ4v) is 2.60. The molecule has 5 nitrogen and oxygen atoms in total. The van der Waals surface area contributed by atoms with Gasteiger partial charge in [0.25, 0.3) is 0 Å². The molecular formula is C13H18N2O3. The van der Waals surface area contributed by atoms with Gasteiger partial charge in [-0.2, -0.15) is 0 Å². The quantitative estimate of drug-likeness (QED) is 0.703. The number of aliphatic hydroxyl groups is 1. The number of carbonyl (C=O) groups excluding carboxylic acids is 1. The van der Waals surface area contributed by atoms with Crippen LogP contribution in [0.1, 0.15) is 19.3 Å². The number of ether oxygens (including phenoxy) is 1. The number of primary amides is 1. The summed E-state index contributed by atoms with van der Waals surface area (Å²) < 4.78 is 5.31. The SMILES string of the molecule is COC1=C(CO)C2=CC(NC(N)=O)=CCC2CC1. The zero-order valence-electron chi connectivity index (χ0n) is 10.4. The Morgan fingerprint density at radius 2 is 2.44 bits per heavy atom. The standard InChI is InChI=1S/C13H18N2O3/c1-18-12-5-3-8-2-4-9(15-13(14)17)6-10(8)11(12)7-16/h4,6,8,16H,2-3,5,7H2,1H3,(H3,14,15,17). The monoisotopic (exact) mass is 250 g/mol. The number of rotatable bonds is 3. The number of urea groups is 1. The van der Waals surface area contributed by atoms with Gasteiger partial charge < -0.3 is 20.9 Å². The fraction of sp³-hybridized carbons (Fsp3) is 0.462. The normalized spacial score (nSPS) is 22.9. The summed E-state index contributed by atoms with van der Waals surface area (Å²) in [5.41, 5.74) is 7.68. The van der Waals surface area contributed by atoms with Crippen LogP contribution in [0, 0.1) is 5.92 Å². The van der Waals surface area contributed by atoms with Gasteiger partial charge in [0.2, 0.25) is 0 Å². The summed E-state index contributed by atoms with van der Waals surface area (Å²) in [4.78, 5) is 10.9. The van der Waals surface area contributed by atoms with Crippen LogP contribution in [-0.2, 0) is 4.74 Å². The third-order valence-electron chi connectivity index (χ3n) is 3.45. The molecule has 0 heterocycles.